The van der Waals surface area contributed by atoms with E-state index in [1.165, 1.54) is 11.1 Å². The van der Waals surface area contributed by atoms with Gasteiger partial charge in [-0.3, -0.25) is 0 Å². The van der Waals surface area contributed by atoms with Gasteiger partial charge in [-0.15, -0.1) is 0 Å². The Labute approximate surface area is 133 Å². The van der Waals surface area contributed by atoms with E-state index in [1.54, 1.807) is 0 Å². The molecule has 104 valence electrons. The number of aryl methyl sites for hydroxylation is 1. The molecule has 0 saturated carbocycles. The lowest BCUT2D eigenvalue weighted by Gasteiger charge is -2.17. The number of nitrogens with one attached hydrogen (secondary N) is 2. The number of anilines is 1. The van der Waals surface area contributed by atoms with Gasteiger partial charge in [0.1, 0.15) is 0 Å². The summed E-state index contributed by atoms with van der Waals surface area (Å²) >= 11 is 8.79. The van der Waals surface area contributed by atoms with E-state index in [1.807, 2.05) is 24.3 Å². The molecule has 0 aromatic heterocycles. The maximum Gasteiger partial charge on any atom is 0.171 e. The first-order chi connectivity index (χ1) is 9.54. The van der Waals surface area contributed by atoms with Gasteiger partial charge in [-0.1, -0.05) is 51.8 Å². The van der Waals surface area contributed by atoms with Gasteiger partial charge < -0.3 is 10.6 Å². The third-order valence-corrected chi connectivity index (χ3v) is 3.72. The molecule has 0 aliphatic carbocycles. The van der Waals surface area contributed by atoms with E-state index in [-0.39, 0.29) is 6.04 Å². The third kappa shape index (κ3) is 4.32. The van der Waals surface area contributed by atoms with Crippen LogP contribution in [0.15, 0.2) is 53.0 Å². The molecule has 1 atom stereocenters. The predicted molar refractivity (Wildman–Crippen MR) is 93.1 cm³/mol. The molecule has 0 aliphatic rings. The number of hydrogen-bond donors (Lipinski definition) is 2. The van der Waals surface area contributed by atoms with Crippen molar-refractivity contribution in [2.45, 2.75) is 19.9 Å². The number of thiocarbonyl (C=S) groups is 1. The average molecular weight is 349 g/mol. The molecule has 2 rings (SSSR count). The van der Waals surface area contributed by atoms with E-state index in [4.69, 9.17) is 12.2 Å². The number of halogens is 1. The van der Waals surface area contributed by atoms with Crippen molar-refractivity contribution in [3.8, 4) is 0 Å². The summed E-state index contributed by atoms with van der Waals surface area (Å²) in [5.74, 6) is 0. The molecule has 0 amide bonds. The summed E-state index contributed by atoms with van der Waals surface area (Å²) in [6.07, 6.45) is 0. The summed E-state index contributed by atoms with van der Waals surface area (Å²) in [6.45, 7) is 4.18. The molecule has 4 heteroatoms. The van der Waals surface area contributed by atoms with Crippen LogP contribution in [0.2, 0.25) is 0 Å². The van der Waals surface area contributed by atoms with E-state index in [2.05, 4.69) is 64.7 Å². The van der Waals surface area contributed by atoms with Crippen LogP contribution in [0.5, 0.6) is 0 Å². The van der Waals surface area contributed by atoms with Gasteiger partial charge in [-0.25, -0.2) is 0 Å². The third-order valence-electron chi connectivity index (χ3n) is 3.01. The quantitative estimate of drug-likeness (QED) is 0.778. The van der Waals surface area contributed by atoms with E-state index in [9.17, 15) is 0 Å². The minimum absolute atomic E-state index is 0.169. The fraction of sp³-hybridized carbons (Fsp3) is 0.188. The van der Waals surface area contributed by atoms with Crippen molar-refractivity contribution in [1.82, 2.24) is 5.32 Å². The van der Waals surface area contributed by atoms with E-state index < -0.39 is 0 Å². The number of benzene rings is 2. The SMILES string of the molecule is Cc1ccc(C(C)NC(=S)Nc2cccc(Br)c2)cc1. The Balaban J connectivity index is 1.95. The van der Waals surface area contributed by atoms with Crippen molar-refractivity contribution >= 4 is 38.9 Å². The molecular formula is C16H17BrN2S. The highest BCUT2D eigenvalue weighted by molar-refractivity contribution is 9.10. The van der Waals surface area contributed by atoms with Gasteiger partial charge in [-0.2, -0.15) is 0 Å². The molecule has 2 N–H and O–H groups in total. The first-order valence-corrected chi connectivity index (χ1v) is 7.64. The Bertz CT molecular complexity index is 596. The summed E-state index contributed by atoms with van der Waals surface area (Å²) < 4.78 is 1.02. The molecule has 0 bridgehead atoms. The Morgan fingerprint density at radius 2 is 1.85 bits per heavy atom. The van der Waals surface area contributed by atoms with Gasteiger partial charge in [0.25, 0.3) is 0 Å². The standard InChI is InChI=1S/C16H17BrN2S/c1-11-6-8-13(9-7-11)12(2)18-16(20)19-15-5-3-4-14(17)10-15/h3-10,12H,1-2H3,(H2,18,19,20). The average Bonchev–Trinajstić information content (AvgIpc) is 2.39. The van der Waals surface area contributed by atoms with Gasteiger partial charge in [0, 0.05) is 10.2 Å². The lowest BCUT2D eigenvalue weighted by atomic mass is 10.1. The highest BCUT2D eigenvalue weighted by Crippen LogP contribution is 2.17. The molecule has 2 aromatic rings. The van der Waals surface area contributed by atoms with Crippen molar-refractivity contribution in [3.05, 3.63) is 64.1 Å². The molecule has 1 unspecified atom stereocenters. The van der Waals surface area contributed by atoms with Crippen LogP contribution in [0, 0.1) is 6.92 Å². The monoisotopic (exact) mass is 348 g/mol. The molecule has 0 heterocycles. The van der Waals surface area contributed by atoms with Crippen molar-refractivity contribution in [3.63, 3.8) is 0 Å². The van der Waals surface area contributed by atoms with E-state index >= 15 is 0 Å². The highest BCUT2D eigenvalue weighted by atomic mass is 79.9. The van der Waals surface area contributed by atoms with Crippen LogP contribution in [-0.4, -0.2) is 5.11 Å². The fourth-order valence-corrected chi connectivity index (χ4v) is 2.56. The predicted octanol–water partition coefficient (Wildman–Crippen LogP) is 4.81. The Morgan fingerprint density at radius 3 is 2.50 bits per heavy atom. The summed E-state index contributed by atoms with van der Waals surface area (Å²) in [5.41, 5.74) is 3.44. The molecule has 0 fully saturated rings. The first kappa shape index (κ1) is 15.0. The van der Waals surface area contributed by atoms with Crippen LogP contribution in [0.4, 0.5) is 5.69 Å². The lowest BCUT2D eigenvalue weighted by molar-refractivity contribution is 0.722. The van der Waals surface area contributed by atoms with Crippen LogP contribution in [0.1, 0.15) is 24.1 Å². The molecule has 2 nitrogen and oxygen atoms in total. The van der Waals surface area contributed by atoms with Crippen molar-refractivity contribution < 1.29 is 0 Å². The molecule has 2 aromatic carbocycles. The Morgan fingerprint density at radius 1 is 1.15 bits per heavy atom. The van der Waals surface area contributed by atoms with Gasteiger partial charge in [0.05, 0.1) is 6.04 Å². The molecular weight excluding hydrogens is 332 g/mol. The van der Waals surface area contributed by atoms with Crippen molar-refractivity contribution in [1.29, 1.82) is 0 Å². The molecule has 0 saturated heterocycles. The van der Waals surface area contributed by atoms with Crippen LogP contribution >= 0.6 is 28.1 Å². The summed E-state index contributed by atoms with van der Waals surface area (Å²) in [7, 11) is 0. The fourth-order valence-electron chi connectivity index (χ4n) is 1.87. The second-order valence-corrected chi connectivity index (χ2v) is 6.07. The van der Waals surface area contributed by atoms with Gasteiger partial charge in [-0.05, 0) is 49.8 Å². The molecule has 0 spiro atoms. The minimum atomic E-state index is 0.169. The normalized spacial score (nSPS) is 11.8. The van der Waals surface area contributed by atoms with E-state index in [0.717, 1.165) is 10.2 Å². The van der Waals surface area contributed by atoms with Crippen LogP contribution in [0.3, 0.4) is 0 Å². The summed E-state index contributed by atoms with van der Waals surface area (Å²) in [4.78, 5) is 0. The number of rotatable bonds is 3. The zero-order valence-electron chi connectivity index (χ0n) is 11.5. The maximum absolute atomic E-state index is 5.34. The summed E-state index contributed by atoms with van der Waals surface area (Å²) in [5, 5.41) is 7.10. The van der Waals surface area contributed by atoms with Crippen molar-refractivity contribution in [2.24, 2.45) is 0 Å². The van der Waals surface area contributed by atoms with Gasteiger partial charge >= 0.3 is 0 Å². The maximum atomic E-state index is 5.34. The van der Waals surface area contributed by atoms with Gasteiger partial charge in [0.15, 0.2) is 5.11 Å². The largest absolute Gasteiger partial charge is 0.356 e. The minimum Gasteiger partial charge on any atom is -0.356 e. The van der Waals surface area contributed by atoms with Crippen LogP contribution in [0.25, 0.3) is 0 Å². The molecule has 20 heavy (non-hydrogen) atoms. The van der Waals surface area contributed by atoms with Crippen molar-refractivity contribution in [2.75, 3.05) is 5.32 Å². The molecule has 0 aliphatic heterocycles. The smallest absolute Gasteiger partial charge is 0.171 e. The topological polar surface area (TPSA) is 24.1 Å². The Hall–Kier alpha value is -1.39. The second kappa shape index (κ2) is 6.86. The highest BCUT2D eigenvalue weighted by Gasteiger charge is 2.06. The summed E-state index contributed by atoms with van der Waals surface area (Å²) in [6, 6.07) is 16.6. The number of hydrogen-bond acceptors (Lipinski definition) is 1. The Kier molecular flexibility index (Phi) is 5.15. The van der Waals surface area contributed by atoms with Gasteiger partial charge in [0.2, 0.25) is 0 Å². The zero-order chi connectivity index (χ0) is 14.5. The second-order valence-electron chi connectivity index (χ2n) is 4.74. The first-order valence-electron chi connectivity index (χ1n) is 6.44. The lowest BCUT2D eigenvalue weighted by Crippen LogP contribution is -2.30. The zero-order valence-corrected chi connectivity index (χ0v) is 13.9. The van der Waals surface area contributed by atoms with Crippen LogP contribution < -0.4 is 10.6 Å². The van der Waals surface area contributed by atoms with Crippen LogP contribution in [-0.2, 0) is 0 Å². The van der Waals surface area contributed by atoms with E-state index in [0.29, 0.717) is 5.11 Å². The molecule has 0 radical (unpaired) electrons.